The maximum atomic E-state index is 13.1. The molecule has 1 amide bonds. The number of benzene rings is 2. The van der Waals surface area contributed by atoms with Gasteiger partial charge >= 0.3 is 0 Å². The van der Waals surface area contributed by atoms with E-state index in [9.17, 15) is 9.59 Å². The molecule has 0 radical (unpaired) electrons. The minimum absolute atomic E-state index is 0.0145. The fourth-order valence-corrected chi connectivity index (χ4v) is 3.75. The first-order valence-corrected chi connectivity index (χ1v) is 8.90. The molecule has 0 bridgehead atoms. The molecule has 0 saturated carbocycles. The van der Waals surface area contributed by atoms with Gasteiger partial charge in [0.1, 0.15) is 0 Å². The zero-order valence-corrected chi connectivity index (χ0v) is 15.0. The third kappa shape index (κ3) is 2.69. The van der Waals surface area contributed by atoms with Crippen LogP contribution in [-0.4, -0.2) is 22.2 Å². The highest BCUT2D eigenvalue weighted by atomic mass is 16.2. The van der Waals surface area contributed by atoms with Crippen molar-refractivity contribution >= 4 is 22.4 Å². The molecule has 0 N–H and O–H groups in total. The highest BCUT2D eigenvalue weighted by molar-refractivity contribution is 5.98. The van der Waals surface area contributed by atoms with E-state index in [1.807, 2.05) is 41.3 Å². The lowest BCUT2D eigenvalue weighted by Crippen LogP contribution is -2.37. The average molecular weight is 347 g/mol. The smallest absolute Gasteiger partial charge is 0.274 e. The predicted molar refractivity (Wildman–Crippen MR) is 103 cm³/mol. The van der Waals surface area contributed by atoms with Crippen molar-refractivity contribution in [2.75, 3.05) is 11.4 Å². The predicted octanol–water partition coefficient (Wildman–Crippen LogP) is 3.02. The summed E-state index contributed by atoms with van der Waals surface area (Å²) in [4.78, 5) is 27.2. The molecule has 5 nitrogen and oxygen atoms in total. The molecule has 1 aliphatic rings. The van der Waals surface area contributed by atoms with E-state index in [0.29, 0.717) is 23.5 Å². The molecule has 2 heterocycles. The number of aryl methyl sites for hydroxylation is 1. The van der Waals surface area contributed by atoms with Gasteiger partial charge in [-0.2, -0.15) is 5.10 Å². The largest absolute Gasteiger partial charge is 0.312 e. The molecule has 0 saturated heterocycles. The number of nitrogens with zero attached hydrogens (tertiary/aromatic N) is 3. The molecular weight excluding hydrogens is 326 g/mol. The summed E-state index contributed by atoms with van der Waals surface area (Å²) < 4.78 is 1.32. The quantitative estimate of drug-likeness (QED) is 0.716. The van der Waals surface area contributed by atoms with Crippen LogP contribution in [0.2, 0.25) is 0 Å². The van der Waals surface area contributed by atoms with Gasteiger partial charge in [0.15, 0.2) is 0 Å². The van der Waals surface area contributed by atoms with Crippen LogP contribution >= 0.6 is 0 Å². The zero-order valence-electron chi connectivity index (χ0n) is 15.0. The highest BCUT2D eigenvalue weighted by Crippen LogP contribution is 2.35. The number of rotatable bonds is 2. The van der Waals surface area contributed by atoms with E-state index in [0.717, 1.165) is 17.5 Å². The third-order valence-corrected chi connectivity index (χ3v) is 5.20. The summed E-state index contributed by atoms with van der Waals surface area (Å²) in [6.07, 6.45) is 1.13. The van der Waals surface area contributed by atoms with Gasteiger partial charge in [-0.05, 0) is 30.0 Å². The fraction of sp³-hybridized carbons (Fsp3) is 0.286. The Bertz CT molecular complexity index is 1050. The lowest BCUT2D eigenvalue weighted by atomic mass is 9.91. The molecule has 1 aliphatic heterocycles. The second kappa shape index (κ2) is 6.41. The molecule has 0 spiro atoms. The Balaban J connectivity index is 1.72. The van der Waals surface area contributed by atoms with Crippen molar-refractivity contribution in [2.45, 2.75) is 25.7 Å². The van der Waals surface area contributed by atoms with Gasteiger partial charge < -0.3 is 4.90 Å². The molecule has 0 aliphatic carbocycles. The van der Waals surface area contributed by atoms with Crippen LogP contribution in [0, 0.1) is 0 Å². The van der Waals surface area contributed by atoms with Crippen LogP contribution in [0.1, 0.15) is 30.5 Å². The van der Waals surface area contributed by atoms with E-state index >= 15 is 0 Å². The number of fused-ring (bicyclic) bond motifs is 2. The standard InChI is InChI=1S/C21H21N3O2/c1-14-11-12-24(19-10-6-5-7-15(14)19)20(25)13-18-16-8-3-4-9-17(16)21(26)23(2)22-18/h3-10,14H,11-13H2,1-2H3/t14-/m0/s1. The number of hydrogen-bond donors (Lipinski definition) is 0. The van der Waals surface area contributed by atoms with Gasteiger partial charge in [-0.3, -0.25) is 9.59 Å². The highest BCUT2D eigenvalue weighted by Gasteiger charge is 2.26. The fourth-order valence-electron chi connectivity index (χ4n) is 3.75. The molecule has 1 aromatic heterocycles. The van der Waals surface area contributed by atoms with E-state index in [-0.39, 0.29) is 17.9 Å². The van der Waals surface area contributed by atoms with Crippen LogP contribution < -0.4 is 10.5 Å². The second-order valence-electron chi connectivity index (χ2n) is 6.89. The maximum absolute atomic E-state index is 13.1. The monoisotopic (exact) mass is 347 g/mol. The Morgan fingerprint density at radius 2 is 1.81 bits per heavy atom. The number of aromatic nitrogens is 2. The number of hydrogen-bond acceptors (Lipinski definition) is 3. The van der Waals surface area contributed by atoms with Gasteiger partial charge in [0.25, 0.3) is 5.56 Å². The Hall–Kier alpha value is -2.95. The lowest BCUT2D eigenvalue weighted by Gasteiger charge is -2.33. The third-order valence-electron chi connectivity index (χ3n) is 5.20. The number of amides is 1. The van der Waals surface area contributed by atoms with Gasteiger partial charge in [-0.1, -0.05) is 43.3 Å². The molecule has 4 rings (SSSR count). The first-order valence-electron chi connectivity index (χ1n) is 8.90. The van der Waals surface area contributed by atoms with Gasteiger partial charge in [-0.15, -0.1) is 0 Å². The van der Waals surface area contributed by atoms with Gasteiger partial charge in [0.05, 0.1) is 17.5 Å². The van der Waals surface area contributed by atoms with Crippen LogP contribution in [0.4, 0.5) is 5.69 Å². The van der Waals surface area contributed by atoms with Crippen molar-refractivity contribution in [1.82, 2.24) is 9.78 Å². The Morgan fingerprint density at radius 1 is 1.12 bits per heavy atom. The van der Waals surface area contributed by atoms with Crippen LogP contribution in [0.3, 0.4) is 0 Å². The maximum Gasteiger partial charge on any atom is 0.274 e. The van der Waals surface area contributed by atoms with Crippen LogP contribution in [0.15, 0.2) is 53.3 Å². The van der Waals surface area contributed by atoms with E-state index in [4.69, 9.17) is 0 Å². The van der Waals surface area contributed by atoms with Crippen molar-refractivity contribution in [1.29, 1.82) is 0 Å². The summed E-state index contributed by atoms with van der Waals surface area (Å²) in [7, 11) is 1.63. The molecular formula is C21H21N3O2. The van der Waals surface area contributed by atoms with E-state index in [1.165, 1.54) is 10.2 Å². The molecule has 1 atom stereocenters. The van der Waals surface area contributed by atoms with Gasteiger partial charge in [0, 0.05) is 24.7 Å². The number of para-hydroxylation sites is 1. The first kappa shape index (κ1) is 16.5. The molecule has 2 aromatic carbocycles. The minimum Gasteiger partial charge on any atom is -0.312 e. The zero-order chi connectivity index (χ0) is 18.3. The van der Waals surface area contributed by atoms with Crippen molar-refractivity contribution in [3.8, 4) is 0 Å². The summed E-state index contributed by atoms with van der Waals surface area (Å²) in [6.45, 7) is 2.91. The molecule has 26 heavy (non-hydrogen) atoms. The minimum atomic E-state index is -0.144. The van der Waals surface area contributed by atoms with Crippen LogP contribution in [0.25, 0.3) is 10.8 Å². The van der Waals surface area contributed by atoms with E-state index in [1.54, 1.807) is 13.1 Å². The Kier molecular flexibility index (Phi) is 4.07. The number of carbonyl (C=O) groups excluding carboxylic acids is 1. The average Bonchev–Trinajstić information content (AvgIpc) is 2.66. The number of carbonyl (C=O) groups is 1. The summed E-state index contributed by atoms with van der Waals surface area (Å²) in [5.41, 5.74) is 2.70. The number of anilines is 1. The Morgan fingerprint density at radius 3 is 2.62 bits per heavy atom. The molecule has 132 valence electrons. The molecule has 0 unspecified atom stereocenters. The SMILES string of the molecule is C[C@H]1CCN(C(=O)Cc2nn(C)c(=O)c3ccccc23)c2ccccc21. The molecule has 5 heteroatoms. The normalized spacial score (nSPS) is 16.5. The van der Waals surface area contributed by atoms with Gasteiger partial charge in [-0.25, -0.2) is 4.68 Å². The first-order chi connectivity index (χ1) is 12.6. The topological polar surface area (TPSA) is 55.2 Å². The van der Waals surface area contributed by atoms with Crippen molar-refractivity contribution in [3.05, 3.63) is 70.1 Å². The molecule has 3 aromatic rings. The summed E-state index contributed by atoms with van der Waals surface area (Å²) in [5, 5.41) is 5.71. The lowest BCUT2D eigenvalue weighted by molar-refractivity contribution is -0.118. The van der Waals surface area contributed by atoms with Crippen molar-refractivity contribution < 1.29 is 4.79 Å². The van der Waals surface area contributed by atoms with E-state index in [2.05, 4.69) is 18.1 Å². The summed E-state index contributed by atoms with van der Waals surface area (Å²) in [5.74, 6) is 0.465. The second-order valence-corrected chi connectivity index (χ2v) is 6.89. The Labute approximate surface area is 151 Å². The van der Waals surface area contributed by atoms with Crippen molar-refractivity contribution in [2.24, 2.45) is 7.05 Å². The summed E-state index contributed by atoms with van der Waals surface area (Å²) in [6, 6.07) is 15.4. The van der Waals surface area contributed by atoms with Crippen LogP contribution in [-0.2, 0) is 18.3 Å². The van der Waals surface area contributed by atoms with E-state index < -0.39 is 0 Å². The van der Waals surface area contributed by atoms with Crippen molar-refractivity contribution in [3.63, 3.8) is 0 Å². The van der Waals surface area contributed by atoms with Gasteiger partial charge in [0.2, 0.25) is 5.91 Å². The molecule has 0 fully saturated rings. The van der Waals surface area contributed by atoms with Crippen LogP contribution in [0.5, 0.6) is 0 Å². The summed E-state index contributed by atoms with van der Waals surface area (Å²) >= 11 is 0.